The Hall–Kier alpha value is -2.67. The van der Waals surface area contributed by atoms with Gasteiger partial charge < -0.3 is 16.4 Å². The van der Waals surface area contributed by atoms with Crippen LogP contribution >= 0.6 is 0 Å². The molecule has 0 saturated heterocycles. The molecule has 1 aliphatic carbocycles. The van der Waals surface area contributed by atoms with Crippen LogP contribution in [0.4, 0.5) is 17.5 Å². The summed E-state index contributed by atoms with van der Waals surface area (Å²) in [6, 6.07) is 8.29. The van der Waals surface area contributed by atoms with Gasteiger partial charge in [-0.2, -0.15) is 10.1 Å². The first kappa shape index (κ1) is 14.9. The molecular formula is C17H21N7. The van der Waals surface area contributed by atoms with E-state index in [1.165, 1.54) is 12.8 Å². The fourth-order valence-electron chi connectivity index (χ4n) is 3.17. The van der Waals surface area contributed by atoms with Crippen molar-refractivity contribution in [3.8, 4) is 0 Å². The van der Waals surface area contributed by atoms with Crippen LogP contribution in [-0.4, -0.2) is 32.2 Å². The minimum Gasteiger partial charge on any atom is -0.350 e. The molecule has 7 nitrogen and oxygen atoms in total. The molecule has 5 N–H and O–H groups in total. The molecule has 0 radical (unpaired) electrons. The van der Waals surface area contributed by atoms with Crippen molar-refractivity contribution >= 4 is 28.4 Å². The van der Waals surface area contributed by atoms with Crippen molar-refractivity contribution in [3.05, 3.63) is 36.7 Å². The van der Waals surface area contributed by atoms with Crippen molar-refractivity contribution in [2.45, 2.75) is 37.8 Å². The molecule has 2 atom stereocenters. The van der Waals surface area contributed by atoms with Crippen molar-refractivity contribution in [1.82, 2.24) is 20.2 Å². The Morgan fingerprint density at radius 3 is 3.00 bits per heavy atom. The number of nitrogens with two attached hydrogens (primary N) is 1. The van der Waals surface area contributed by atoms with Gasteiger partial charge in [0.25, 0.3) is 0 Å². The Morgan fingerprint density at radius 2 is 2.08 bits per heavy atom. The van der Waals surface area contributed by atoms with Crippen LogP contribution in [0.5, 0.6) is 0 Å². The third-order valence-corrected chi connectivity index (χ3v) is 4.50. The van der Waals surface area contributed by atoms with Gasteiger partial charge in [0.2, 0.25) is 5.95 Å². The van der Waals surface area contributed by atoms with Crippen molar-refractivity contribution < 1.29 is 0 Å². The zero-order chi connectivity index (χ0) is 16.4. The SMILES string of the molecule is N[C@H]1CCCC[C@H]1Nc1nccc(Nc2ccc3[nH]ncc3c2)n1. The number of hydrogen-bond acceptors (Lipinski definition) is 6. The number of anilines is 3. The second kappa shape index (κ2) is 6.45. The number of rotatable bonds is 4. The molecule has 1 aliphatic rings. The topological polar surface area (TPSA) is 105 Å². The fraction of sp³-hybridized carbons (Fsp3) is 0.353. The van der Waals surface area contributed by atoms with E-state index in [1.807, 2.05) is 24.3 Å². The number of fused-ring (bicyclic) bond motifs is 1. The van der Waals surface area contributed by atoms with Crippen LogP contribution in [-0.2, 0) is 0 Å². The highest BCUT2D eigenvalue weighted by atomic mass is 15.2. The highest BCUT2D eigenvalue weighted by molar-refractivity contribution is 5.82. The Morgan fingerprint density at radius 1 is 1.17 bits per heavy atom. The Balaban J connectivity index is 1.49. The summed E-state index contributed by atoms with van der Waals surface area (Å²) in [5, 5.41) is 14.7. The summed E-state index contributed by atoms with van der Waals surface area (Å²) in [5.41, 5.74) is 8.16. The highest BCUT2D eigenvalue weighted by Gasteiger charge is 2.22. The number of H-pyrrole nitrogens is 1. The first-order valence-corrected chi connectivity index (χ1v) is 8.33. The lowest BCUT2D eigenvalue weighted by atomic mass is 9.91. The molecule has 124 valence electrons. The largest absolute Gasteiger partial charge is 0.350 e. The maximum absolute atomic E-state index is 6.19. The van der Waals surface area contributed by atoms with E-state index in [1.54, 1.807) is 12.4 Å². The predicted molar refractivity (Wildman–Crippen MR) is 95.3 cm³/mol. The molecule has 0 unspecified atom stereocenters. The summed E-state index contributed by atoms with van der Waals surface area (Å²) in [7, 11) is 0. The molecule has 2 heterocycles. The van der Waals surface area contributed by atoms with E-state index in [2.05, 4.69) is 30.8 Å². The fourth-order valence-corrected chi connectivity index (χ4v) is 3.17. The normalized spacial score (nSPS) is 20.9. The van der Waals surface area contributed by atoms with Crippen molar-refractivity contribution in [3.63, 3.8) is 0 Å². The maximum Gasteiger partial charge on any atom is 0.224 e. The van der Waals surface area contributed by atoms with Crippen LogP contribution < -0.4 is 16.4 Å². The zero-order valence-corrected chi connectivity index (χ0v) is 13.4. The lowest BCUT2D eigenvalue weighted by Crippen LogP contribution is -2.42. The molecule has 1 saturated carbocycles. The van der Waals surface area contributed by atoms with Crippen LogP contribution in [0.1, 0.15) is 25.7 Å². The summed E-state index contributed by atoms with van der Waals surface area (Å²) >= 11 is 0. The lowest BCUT2D eigenvalue weighted by Gasteiger charge is -2.29. The molecular weight excluding hydrogens is 302 g/mol. The highest BCUT2D eigenvalue weighted by Crippen LogP contribution is 2.22. The first-order valence-electron chi connectivity index (χ1n) is 8.33. The predicted octanol–water partition coefficient (Wildman–Crippen LogP) is 2.78. The van der Waals surface area contributed by atoms with Gasteiger partial charge in [-0.1, -0.05) is 12.8 Å². The second-order valence-corrected chi connectivity index (χ2v) is 6.26. The van der Waals surface area contributed by atoms with E-state index in [4.69, 9.17) is 5.73 Å². The lowest BCUT2D eigenvalue weighted by molar-refractivity contribution is 0.402. The van der Waals surface area contributed by atoms with Gasteiger partial charge in [-0.3, -0.25) is 5.10 Å². The molecule has 0 amide bonds. The summed E-state index contributed by atoms with van der Waals surface area (Å²) in [6.07, 6.45) is 8.09. The summed E-state index contributed by atoms with van der Waals surface area (Å²) in [5.74, 6) is 1.37. The molecule has 1 fully saturated rings. The monoisotopic (exact) mass is 323 g/mol. The Labute approximate surface area is 140 Å². The summed E-state index contributed by atoms with van der Waals surface area (Å²) < 4.78 is 0. The maximum atomic E-state index is 6.19. The van der Waals surface area contributed by atoms with Gasteiger partial charge in [-0.05, 0) is 37.1 Å². The van der Waals surface area contributed by atoms with Crippen molar-refractivity contribution in [2.75, 3.05) is 10.6 Å². The minimum atomic E-state index is 0.169. The summed E-state index contributed by atoms with van der Waals surface area (Å²) in [6.45, 7) is 0. The van der Waals surface area contributed by atoms with E-state index in [9.17, 15) is 0 Å². The molecule has 7 heteroatoms. The number of nitrogens with zero attached hydrogens (tertiary/aromatic N) is 3. The van der Waals surface area contributed by atoms with Crippen molar-refractivity contribution in [2.24, 2.45) is 5.73 Å². The molecule has 2 aromatic heterocycles. The molecule has 1 aromatic carbocycles. The number of aromatic nitrogens is 4. The number of aromatic amines is 1. The molecule has 0 bridgehead atoms. The number of benzene rings is 1. The Bertz CT molecular complexity index is 828. The molecule has 24 heavy (non-hydrogen) atoms. The molecule has 3 aromatic rings. The zero-order valence-electron chi connectivity index (χ0n) is 13.4. The van der Waals surface area contributed by atoms with E-state index in [-0.39, 0.29) is 12.1 Å². The molecule has 0 spiro atoms. The average Bonchev–Trinajstić information content (AvgIpc) is 3.05. The molecule has 4 rings (SSSR count). The number of nitrogens with one attached hydrogen (secondary N) is 3. The van der Waals surface area contributed by atoms with Crippen LogP contribution in [0.25, 0.3) is 10.9 Å². The molecule has 0 aliphatic heterocycles. The van der Waals surface area contributed by atoms with Gasteiger partial charge in [0.15, 0.2) is 0 Å². The van der Waals surface area contributed by atoms with E-state index in [0.717, 1.165) is 35.2 Å². The van der Waals surface area contributed by atoms with Crippen molar-refractivity contribution in [1.29, 1.82) is 0 Å². The minimum absolute atomic E-state index is 0.169. The van der Waals surface area contributed by atoms with Gasteiger partial charge in [-0.15, -0.1) is 0 Å². The smallest absolute Gasteiger partial charge is 0.224 e. The third kappa shape index (κ3) is 3.16. The van der Waals surface area contributed by atoms with Gasteiger partial charge in [-0.25, -0.2) is 4.98 Å². The van der Waals surface area contributed by atoms with Gasteiger partial charge in [0, 0.05) is 29.4 Å². The average molecular weight is 323 g/mol. The van der Waals surface area contributed by atoms with Crippen LogP contribution in [0.2, 0.25) is 0 Å². The van der Waals surface area contributed by atoms with Crippen LogP contribution in [0.15, 0.2) is 36.7 Å². The quantitative estimate of drug-likeness (QED) is 0.588. The first-order chi connectivity index (χ1) is 11.8. The van der Waals surface area contributed by atoms with E-state index >= 15 is 0 Å². The van der Waals surface area contributed by atoms with Gasteiger partial charge >= 0.3 is 0 Å². The summed E-state index contributed by atoms with van der Waals surface area (Å²) in [4.78, 5) is 8.87. The third-order valence-electron chi connectivity index (χ3n) is 4.50. The van der Waals surface area contributed by atoms with E-state index in [0.29, 0.717) is 5.95 Å². The Kier molecular flexibility index (Phi) is 4.00. The van der Waals surface area contributed by atoms with Crippen LogP contribution in [0.3, 0.4) is 0 Å². The van der Waals surface area contributed by atoms with Gasteiger partial charge in [0.1, 0.15) is 5.82 Å². The van der Waals surface area contributed by atoms with Gasteiger partial charge in [0.05, 0.1) is 11.7 Å². The standard InChI is InChI=1S/C17H21N7/c18-13-3-1-2-4-15(13)22-17-19-8-7-16(23-17)21-12-5-6-14-11(9-12)10-20-24-14/h5-10,13,15H,1-4,18H2,(H,20,24)(H2,19,21,22,23)/t13-,15+/m0/s1. The van der Waals surface area contributed by atoms with E-state index < -0.39 is 0 Å². The van der Waals surface area contributed by atoms with Crippen LogP contribution in [0, 0.1) is 0 Å². The second-order valence-electron chi connectivity index (χ2n) is 6.26. The number of hydrogen-bond donors (Lipinski definition) is 4.